The van der Waals surface area contributed by atoms with Gasteiger partial charge in [-0.15, -0.1) is 0 Å². The lowest BCUT2D eigenvalue weighted by Crippen LogP contribution is -2.60. The lowest BCUT2D eigenvalue weighted by atomic mass is 10.0. The normalized spacial score (nSPS) is 14.9. The highest BCUT2D eigenvalue weighted by atomic mass is 19.4. The Hall–Kier alpha value is -1.56. The molecule has 0 amide bonds. The molecule has 0 aliphatic rings. The number of nitrogens with one attached hydrogen (secondary N) is 1. The van der Waals surface area contributed by atoms with Gasteiger partial charge >= 0.3 is 12.1 Å². The van der Waals surface area contributed by atoms with Gasteiger partial charge in [-0.25, -0.2) is 4.79 Å². The van der Waals surface area contributed by atoms with Crippen LogP contribution >= 0.6 is 0 Å². The highest BCUT2D eigenvalue weighted by Gasteiger charge is 2.56. The average Bonchev–Trinajstić information content (AvgIpc) is 2.34. The van der Waals surface area contributed by atoms with Crippen molar-refractivity contribution in [1.29, 1.82) is 0 Å². The van der Waals surface area contributed by atoms with Gasteiger partial charge < -0.3 is 5.11 Å². The molecule has 6 heteroatoms. The smallest absolute Gasteiger partial charge is 0.417 e. The first kappa shape index (κ1) is 15.5. The number of rotatable bonds is 6. The first-order valence-electron chi connectivity index (χ1n) is 5.86. The Kier molecular flexibility index (Phi) is 4.94. The number of carbonyl (C=O) groups is 1. The quantitative estimate of drug-likeness (QED) is 0.785. The van der Waals surface area contributed by atoms with Crippen LogP contribution in [-0.2, 0) is 11.2 Å². The van der Waals surface area contributed by atoms with Gasteiger partial charge in [-0.1, -0.05) is 30.3 Å². The number of hydrogen-bond donors (Lipinski definition) is 2. The van der Waals surface area contributed by atoms with Crippen molar-refractivity contribution in [3.05, 3.63) is 35.9 Å². The minimum absolute atomic E-state index is 0.0167. The minimum atomic E-state index is -4.83. The number of aryl methyl sites for hydroxylation is 1. The van der Waals surface area contributed by atoms with E-state index in [1.165, 1.54) is 0 Å². The Bertz CT molecular complexity index is 420. The summed E-state index contributed by atoms with van der Waals surface area (Å²) >= 11 is 0. The van der Waals surface area contributed by atoms with Gasteiger partial charge in [-0.2, -0.15) is 13.2 Å². The van der Waals surface area contributed by atoms with Crippen molar-refractivity contribution in [1.82, 2.24) is 5.32 Å². The topological polar surface area (TPSA) is 49.3 Å². The highest BCUT2D eigenvalue weighted by Crippen LogP contribution is 2.30. The summed E-state index contributed by atoms with van der Waals surface area (Å²) in [5.74, 6) is -1.92. The molecular weight excluding hydrogens is 259 g/mol. The van der Waals surface area contributed by atoms with Crippen molar-refractivity contribution in [2.24, 2.45) is 0 Å². The summed E-state index contributed by atoms with van der Waals surface area (Å²) < 4.78 is 38.0. The van der Waals surface area contributed by atoms with E-state index in [9.17, 15) is 18.0 Å². The van der Waals surface area contributed by atoms with Gasteiger partial charge in [0, 0.05) is 0 Å². The second-order valence-corrected chi connectivity index (χ2v) is 4.44. The molecule has 2 N–H and O–H groups in total. The van der Waals surface area contributed by atoms with Gasteiger partial charge in [0.1, 0.15) is 0 Å². The zero-order valence-corrected chi connectivity index (χ0v) is 10.5. The van der Waals surface area contributed by atoms with E-state index in [2.05, 4.69) is 5.32 Å². The fourth-order valence-electron chi connectivity index (χ4n) is 1.57. The molecule has 1 unspecified atom stereocenters. The number of hydrogen-bond acceptors (Lipinski definition) is 2. The maximum atomic E-state index is 12.7. The Balaban J connectivity index is 2.49. The van der Waals surface area contributed by atoms with Crippen molar-refractivity contribution < 1.29 is 23.1 Å². The summed E-state index contributed by atoms with van der Waals surface area (Å²) in [7, 11) is 0. The van der Waals surface area contributed by atoms with Crippen LogP contribution in [-0.4, -0.2) is 29.3 Å². The number of carboxylic acids is 1. The first-order valence-corrected chi connectivity index (χ1v) is 5.86. The summed E-state index contributed by atoms with van der Waals surface area (Å²) in [6.07, 6.45) is -3.80. The van der Waals surface area contributed by atoms with Crippen LogP contribution < -0.4 is 5.32 Å². The van der Waals surface area contributed by atoms with Crippen LogP contribution in [0.1, 0.15) is 18.9 Å². The van der Waals surface area contributed by atoms with Crippen molar-refractivity contribution in [2.45, 2.75) is 31.5 Å². The van der Waals surface area contributed by atoms with E-state index in [1.807, 2.05) is 30.3 Å². The monoisotopic (exact) mass is 275 g/mol. The molecule has 1 atom stereocenters. The van der Waals surface area contributed by atoms with Gasteiger partial charge in [0.2, 0.25) is 5.54 Å². The number of aliphatic carboxylic acids is 1. The predicted molar refractivity (Wildman–Crippen MR) is 64.9 cm³/mol. The molecule has 0 bridgehead atoms. The molecular formula is C13H16F3NO2. The van der Waals surface area contributed by atoms with Crippen LogP contribution in [0.4, 0.5) is 13.2 Å². The summed E-state index contributed by atoms with van der Waals surface area (Å²) in [5.41, 5.74) is -1.89. The number of halogens is 3. The Morgan fingerprint density at radius 2 is 1.84 bits per heavy atom. The molecule has 0 aliphatic heterocycles. The molecule has 0 aromatic heterocycles. The van der Waals surface area contributed by atoms with Crippen LogP contribution in [0.25, 0.3) is 0 Å². The van der Waals surface area contributed by atoms with Crippen LogP contribution in [0.2, 0.25) is 0 Å². The molecule has 0 saturated heterocycles. The summed E-state index contributed by atoms with van der Waals surface area (Å²) in [6, 6.07) is 9.30. The third-order valence-corrected chi connectivity index (χ3v) is 2.96. The minimum Gasteiger partial charge on any atom is -0.480 e. The third kappa shape index (κ3) is 3.96. The Morgan fingerprint density at radius 3 is 2.32 bits per heavy atom. The molecule has 3 nitrogen and oxygen atoms in total. The van der Waals surface area contributed by atoms with Crippen molar-refractivity contribution >= 4 is 5.97 Å². The molecule has 0 heterocycles. The van der Waals surface area contributed by atoms with Crippen molar-refractivity contribution in [2.75, 3.05) is 6.54 Å². The van der Waals surface area contributed by atoms with Gasteiger partial charge in [-0.3, -0.25) is 5.32 Å². The van der Waals surface area contributed by atoms with Gasteiger partial charge in [0.25, 0.3) is 0 Å². The highest BCUT2D eigenvalue weighted by molar-refractivity contribution is 5.79. The molecule has 1 rings (SSSR count). The second kappa shape index (κ2) is 6.06. The third-order valence-electron chi connectivity index (χ3n) is 2.96. The summed E-state index contributed by atoms with van der Waals surface area (Å²) in [5, 5.41) is 10.8. The number of benzene rings is 1. The fraction of sp³-hybridized carbons (Fsp3) is 0.462. The van der Waals surface area contributed by atoms with Crippen LogP contribution in [0.15, 0.2) is 30.3 Å². The number of carboxylic acid groups (broad SMARTS) is 1. The van der Waals surface area contributed by atoms with Gasteiger partial charge in [-0.05, 0) is 31.9 Å². The first-order chi connectivity index (χ1) is 8.77. The Morgan fingerprint density at radius 1 is 1.26 bits per heavy atom. The van der Waals surface area contributed by atoms with Crippen molar-refractivity contribution in [3.63, 3.8) is 0 Å². The zero-order valence-electron chi connectivity index (χ0n) is 10.5. The Labute approximate surface area is 109 Å². The van der Waals surface area contributed by atoms with Crippen molar-refractivity contribution in [3.8, 4) is 0 Å². The molecule has 0 spiro atoms. The molecule has 0 fully saturated rings. The standard InChI is InChI=1S/C13H16F3NO2/c1-12(11(18)19,13(14,15)16)17-9-5-8-10-6-3-2-4-7-10/h2-4,6-7,17H,5,8-9H2,1H3,(H,18,19). The van der Waals surface area contributed by atoms with Crippen LogP contribution in [0, 0.1) is 0 Å². The molecule has 19 heavy (non-hydrogen) atoms. The van der Waals surface area contributed by atoms with E-state index < -0.39 is 17.7 Å². The van der Waals surface area contributed by atoms with E-state index in [4.69, 9.17) is 5.11 Å². The molecule has 106 valence electrons. The molecule has 0 aliphatic carbocycles. The summed E-state index contributed by atoms with van der Waals surface area (Å²) in [4.78, 5) is 10.7. The van der Waals surface area contributed by atoms with E-state index >= 15 is 0 Å². The van der Waals surface area contributed by atoms with E-state index in [0.717, 1.165) is 5.56 Å². The molecule has 1 aromatic rings. The zero-order chi connectivity index (χ0) is 14.5. The van der Waals surface area contributed by atoms with E-state index in [-0.39, 0.29) is 6.54 Å². The molecule has 0 radical (unpaired) electrons. The summed E-state index contributed by atoms with van der Waals surface area (Å²) in [6.45, 7) is 0.620. The maximum Gasteiger partial charge on any atom is 0.417 e. The van der Waals surface area contributed by atoms with Gasteiger partial charge in [0.05, 0.1) is 0 Å². The predicted octanol–water partition coefficient (Wildman–Crippen LogP) is 2.61. The lowest BCUT2D eigenvalue weighted by Gasteiger charge is -2.28. The van der Waals surface area contributed by atoms with E-state index in [0.29, 0.717) is 19.8 Å². The number of alkyl halides is 3. The largest absolute Gasteiger partial charge is 0.480 e. The fourth-order valence-corrected chi connectivity index (χ4v) is 1.57. The van der Waals surface area contributed by atoms with Crippen LogP contribution in [0.3, 0.4) is 0 Å². The molecule has 1 aromatic carbocycles. The lowest BCUT2D eigenvalue weighted by molar-refractivity contribution is -0.205. The maximum absolute atomic E-state index is 12.7. The van der Waals surface area contributed by atoms with Crippen LogP contribution in [0.5, 0.6) is 0 Å². The van der Waals surface area contributed by atoms with E-state index in [1.54, 1.807) is 0 Å². The SMILES string of the molecule is CC(NCCCc1ccccc1)(C(=O)O)C(F)(F)F. The average molecular weight is 275 g/mol. The van der Waals surface area contributed by atoms with Gasteiger partial charge in [0.15, 0.2) is 0 Å². The molecule has 0 saturated carbocycles. The second-order valence-electron chi connectivity index (χ2n) is 4.44.